The molecule has 0 saturated heterocycles. The number of hydrogen-bond acceptors (Lipinski definition) is 3. The molecule has 0 aromatic rings. The highest BCUT2D eigenvalue weighted by atomic mass is 16.7. The molecule has 1 N–H and O–H groups in total. The van der Waals surface area contributed by atoms with E-state index in [0.717, 1.165) is 18.4 Å². The first-order chi connectivity index (χ1) is 8.22. The fourth-order valence-electron chi connectivity index (χ4n) is 2.90. The van der Waals surface area contributed by atoms with Gasteiger partial charge in [-0.2, -0.15) is 0 Å². The Balaban J connectivity index is 2.29. The van der Waals surface area contributed by atoms with E-state index in [9.17, 15) is 0 Å². The topological polar surface area (TPSA) is 30.5 Å². The van der Waals surface area contributed by atoms with Crippen LogP contribution in [-0.2, 0) is 9.47 Å². The first-order valence-electron chi connectivity index (χ1n) is 7.19. The van der Waals surface area contributed by atoms with Crippen molar-refractivity contribution < 1.29 is 9.47 Å². The molecule has 0 aliphatic heterocycles. The lowest BCUT2D eigenvalue weighted by Crippen LogP contribution is -2.40. The van der Waals surface area contributed by atoms with E-state index in [0.29, 0.717) is 19.3 Å². The molecule has 3 atom stereocenters. The van der Waals surface area contributed by atoms with E-state index in [2.05, 4.69) is 19.2 Å². The van der Waals surface area contributed by atoms with Crippen molar-refractivity contribution in [1.82, 2.24) is 5.32 Å². The molecule has 102 valence electrons. The molecule has 0 spiro atoms. The molecule has 3 nitrogen and oxygen atoms in total. The molecule has 1 saturated carbocycles. The maximum absolute atomic E-state index is 5.55. The van der Waals surface area contributed by atoms with Crippen LogP contribution < -0.4 is 5.32 Å². The smallest absolute Gasteiger partial charge is 0.169 e. The van der Waals surface area contributed by atoms with Gasteiger partial charge in [0.1, 0.15) is 0 Å². The van der Waals surface area contributed by atoms with Crippen molar-refractivity contribution in [2.75, 3.05) is 19.8 Å². The van der Waals surface area contributed by atoms with Crippen LogP contribution in [0.4, 0.5) is 0 Å². The minimum atomic E-state index is -0.0853. The van der Waals surface area contributed by atoms with Gasteiger partial charge >= 0.3 is 0 Å². The second-order valence-electron chi connectivity index (χ2n) is 4.96. The van der Waals surface area contributed by atoms with Gasteiger partial charge in [0.25, 0.3) is 0 Å². The van der Waals surface area contributed by atoms with Crippen molar-refractivity contribution in [2.24, 2.45) is 11.8 Å². The zero-order valence-electron chi connectivity index (χ0n) is 11.9. The molecule has 1 rings (SSSR count). The highest BCUT2D eigenvalue weighted by Gasteiger charge is 2.31. The quantitative estimate of drug-likeness (QED) is 0.665. The van der Waals surface area contributed by atoms with Crippen LogP contribution in [0.2, 0.25) is 0 Å². The van der Waals surface area contributed by atoms with Crippen LogP contribution >= 0.6 is 0 Å². The summed E-state index contributed by atoms with van der Waals surface area (Å²) < 4.78 is 11.1. The summed E-state index contributed by atoms with van der Waals surface area (Å²) in [6, 6.07) is 0.642. The van der Waals surface area contributed by atoms with Gasteiger partial charge in [0.15, 0.2) is 6.29 Å². The van der Waals surface area contributed by atoms with Gasteiger partial charge in [-0.25, -0.2) is 0 Å². The van der Waals surface area contributed by atoms with Crippen molar-refractivity contribution in [3.8, 4) is 0 Å². The molecule has 3 heteroatoms. The largest absolute Gasteiger partial charge is 0.352 e. The molecule has 0 bridgehead atoms. The summed E-state index contributed by atoms with van der Waals surface area (Å²) >= 11 is 0. The summed E-state index contributed by atoms with van der Waals surface area (Å²) in [6.07, 6.45) is 3.88. The standard InChI is InChI=1S/C14H29NO2/c1-5-12-8-9-13(11(12)4)15-10-14(16-6-2)17-7-3/h11-15H,5-10H2,1-4H3. The molecular formula is C14H29NO2. The molecule has 1 fully saturated rings. The highest BCUT2D eigenvalue weighted by molar-refractivity contribution is 4.86. The average molecular weight is 243 g/mol. The third-order valence-electron chi connectivity index (χ3n) is 4.00. The zero-order valence-corrected chi connectivity index (χ0v) is 11.9. The lowest BCUT2D eigenvalue weighted by atomic mass is 9.93. The first-order valence-corrected chi connectivity index (χ1v) is 7.19. The molecule has 0 amide bonds. The minimum Gasteiger partial charge on any atom is -0.352 e. The Hall–Kier alpha value is -0.120. The minimum absolute atomic E-state index is 0.0853. The van der Waals surface area contributed by atoms with E-state index in [-0.39, 0.29) is 6.29 Å². The fraction of sp³-hybridized carbons (Fsp3) is 1.00. The maximum atomic E-state index is 5.55. The van der Waals surface area contributed by atoms with Crippen LogP contribution in [0.25, 0.3) is 0 Å². The Labute approximate surface area is 106 Å². The fourth-order valence-corrected chi connectivity index (χ4v) is 2.90. The molecule has 3 unspecified atom stereocenters. The van der Waals surface area contributed by atoms with Crippen LogP contribution in [-0.4, -0.2) is 32.1 Å². The van der Waals surface area contributed by atoms with Crippen LogP contribution in [0.15, 0.2) is 0 Å². The Morgan fingerprint density at radius 1 is 1.12 bits per heavy atom. The third-order valence-corrected chi connectivity index (χ3v) is 4.00. The summed E-state index contributed by atoms with van der Waals surface area (Å²) in [6.45, 7) is 10.9. The second kappa shape index (κ2) is 8.06. The lowest BCUT2D eigenvalue weighted by molar-refractivity contribution is -0.134. The number of nitrogens with one attached hydrogen (secondary N) is 1. The monoisotopic (exact) mass is 243 g/mol. The zero-order chi connectivity index (χ0) is 12.7. The Morgan fingerprint density at radius 3 is 2.24 bits per heavy atom. The van der Waals surface area contributed by atoms with Gasteiger partial charge in [-0.15, -0.1) is 0 Å². The third kappa shape index (κ3) is 4.57. The van der Waals surface area contributed by atoms with Gasteiger partial charge in [-0.3, -0.25) is 0 Å². The summed E-state index contributed by atoms with van der Waals surface area (Å²) in [4.78, 5) is 0. The Bertz CT molecular complexity index is 193. The van der Waals surface area contributed by atoms with E-state index in [1.165, 1.54) is 19.3 Å². The van der Waals surface area contributed by atoms with Crippen molar-refractivity contribution in [1.29, 1.82) is 0 Å². The summed E-state index contributed by atoms with van der Waals surface area (Å²) in [5.74, 6) is 1.68. The summed E-state index contributed by atoms with van der Waals surface area (Å²) in [5, 5.41) is 3.62. The SMILES string of the molecule is CCOC(CNC1CCC(CC)C1C)OCC. The lowest BCUT2D eigenvalue weighted by Gasteiger charge is -2.24. The van der Waals surface area contributed by atoms with E-state index in [1.54, 1.807) is 0 Å². The van der Waals surface area contributed by atoms with Crippen molar-refractivity contribution in [3.63, 3.8) is 0 Å². The van der Waals surface area contributed by atoms with Gasteiger partial charge < -0.3 is 14.8 Å². The van der Waals surface area contributed by atoms with Crippen molar-refractivity contribution in [3.05, 3.63) is 0 Å². The molecule has 0 radical (unpaired) electrons. The average Bonchev–Trinajstić information content (AvgIpc) is 2.68. The Kier molecular flexibility index (Phi) is 7.09. The van der Waals surface area contributed by atoms with E-state index in [4.69, 9.17) is 9.47 Å². The number of hydrogen-bond donors (Lipinski definition) is 1. The molecule has 0 heterocycles. The van der Waals surface area contributed by atoms with E-state index < -0.39 is 0 Å². The normalized spacial score (nSPS) is 29.1. The Morgan fingerprint density at radius 2 is 1.76 bits per heavy atom. The van der Waals surface area contributed by atoms with Crippen molar-refractivity contribution in [2.45, 2.75) is 59.3 Å². The van der Waals surface area contributed by atoms with Gasteiger partial charge in [-0.05, 0) is 38.5 Å². The maximum Gasteiger partial charge on any atom is 0.169 e. The highest BCUT2D eigenvalue weighted by Crippen LogP contribution is 2.33. The predicted molar refractivity (Wildman–Crippen MR) is 71.0 cm³/mol. The molecule has 0 aromatic carbocycles. The molecule has 0 aromatic heterocycles. The van der Waals surface area contributed by atoms with E-state index in [1.807, 2.05) is 13.8 Å². The molecule has 1 aliphatic rings. The van der Waals surface area contributed by atoms with Gasteiger partial charge in [0.05, 0.1) is 0 Å². The number of rotatable bonds is 8. The van der Waals surface area contributed by atoms with Crippen LogP contribution in [0.1, 0.15) is 47.0 Å². The summed E-state index contributed by atoms with van der Waals surface area (Å²) in [7, 11) is 0. The second-order valence-corrected chi connectivity index (χ2v) is 4.96. The van der Waals surface area contributed by atoms with Crippen LogP contribution in [0.3, 0.4) is 0 Å². The predicted octanol–water partition coefficient (Wildman–Crippen LogP) is 2.80. The van der Waals surface area contributed by atoms with E-state index >= 15 is 0 Å². The molecule has 1 aliphatic carbocycles. The number of ether oxygens (including phenoxy) is 2. The van der Waals surface area contributed by atoms with Gasteiger partial charge in [0.2, 0.25) is 0 Å². The van der Waals surface area contributed by atoms with Crippen LogP contribution in [0, 0.1) is 11.8 Å². The van der Waals surface area contributed by atoms with Crippen molar-refractivity contribution >= 4 is 0 Å². The van der Waals surface area contributed by atoms with Gasteiger partial charge in [0, 0.05) is 25.8 Å². The first kappa shape index (κ1) is 14.9. The molecule has 17 heavy (non-hydrogen) atoms. The van der Waals surface area contributed by atoms with Gasteiger partial charge in [-0.1, -0.05) is 20.3 Å². The summed E-state index contributed by atoms with van der Waals surface area (Å²) in [5.41, 5.74) is 0. The van der Waals surface area contributed by atoms with Crippen LogP contribution in [0.5, 0.6) is 0 Å². The molecular weight excluding hydrogens is 214 g/mol.